The zero-order valence-corrected chi connectivity index (χ0v) is 11.5. The van der Waals surface area contributed by atoms with Crippen molar-refractivity contribution in [2.75, 3.05) is 0 Å². The van der Waals surface area contributed by atoms with Gasteiger partial charge in [0.2, 0.25) is 0 Å². The highest BCUT2D eigenvalue weighted by molar-refractivity contribution is 9.10. The second-order valence-electron chi connectivity index (χ2n) is 3.66. The van der Waals surface area contributed by atoms with Crippen LogP contribution in [0.3, 0.4) is 0 Å². The molecular weight excluding hydrogens is 304 g/mol. The molecule has 0 spiro atoms. The summed E-state index contributed by atoms with van der Waals surface area (Å²) in [6, 6.07) is 7.33. The van der Waals surface area contributed by atoms with Crippen LogP contribution in [-0.4, -0.2) is 15.6 Å². The Morgan fingerprint density at radius 3 is 2.76 bits per heavy atom. The highest BCUT2D eigenvalue weighted by Gasteiger charge is 2.11. The summed E-state index contributed by atoms with van der Waals surface area (Å²) in [4.78, 5) is 12.0. The maximum absolute atomic E-state index is 12.0. The van der Waals surface area contributed by atoms with Crippen molar-refractivity contribution in [3.05, 3.63) is 51.2 Å². The molecule has 5 heteroatoms. The van der Waals surface area contributed by atoms with E-state index in [2.05, 4.69) is 21.0 Å². The molecule has 0 unspecified atom stereocenters. The average Bonchev–Trinajstić information content (AvgIpc) is 2.58. The Kier molecular flexibility index (Phi) is 3.64. The molecule has 0 atom stereocenters. The number of Topliss-reactive ketones (excluding diaryl/α,β-unsaturated/α-hetero) is 1. The van der Waals surface area contributed by atoms with E-state index in [0.29, 0.717) is 10.6 Å². The lowest BCUT2D eigenvalue weighted by Crippen LogP contribution is -2.11. The Hall–Kier alpha value is -1.13. The first-order chi connectivity index (χ1) is 8.08. The smallest absolute Gasteiger partial charge is 0.185 e. The zero-order chi connectivity index (χ0) is 12.4. The van der Waals surface area contributed by atoms with Gasteiger partial charge < -0.3 is 0 Å². The number of nitrogens with zero attached hydrogens (tertiary/aromatic N) is 2. The molecule has 3 nitrogen and oxygen atoms in total. The zero-order valence-electron chi connectivity index (χ0n) is 9.15. The third-order valence-corrected chi connectivity index (χ3v) is 3.43. The molecule has 1 aromatic heterocycles. The Morgan fingerprint density at radius 1 is 1.47 bits per heavy atom. The molecule has 0 fully saturated rings. The van der Waals surface area contributed by atoms with Crippen LogP contribution in [0.5, 0.6) is 0 Å². The molecule has 0 aliphatic heterocycles. The van der Waals surface area contributed by atoms with Gasteiger partial charge in [-0.2, -0.15) is 5.10 Å². The van der Waals surface area contributed by atoms with Crippen molar-refractivity contribution in [2.24, 2.45) is 0 Å². The van der Waals surface area contributed by atoms with E-state index >= 15 is 0 Å². The quantitative estimate of drug-likeness (QED) is 0.813. The van der Waals surface area contributed by atoms with Gasteiger partial charge in [0, 0.05) is 16.2 Å². The monoisotopic (exact) mass is 312 g/mol. The van der Waals surface area contributed by atoms with Crippen molar-refractivity contribution in [2.45, 2.75) is 13.5 Å². The van der Waals surface area contributed by atoms with Crippen molar-refractivity contribution in [3.63, 3.8) is 0 Å². The number of ketones is 1. The summed E-state index contributed by atoms with van der Waals surface area (Å²) in [5.74, 6) is -0.00311. The van der Waals surface area contributed by atoms with Gasteiger partial charge in [0.25, 0.3) is 0 Å². The Bertz CT molecular complexity index is 546. The number of carbonyl (C=O) groups is 1. The van der Waals surface area contributed by atoms with Gasteiger partial charge in [0.05, 0.1) is 10.7 Å². The highest BCUT2D eigenvalue weighted by Crippen LogP contribution is 2.18. The molecule has 0 N–H and O–H groups in total. The van der Waals surface area contributed by atoms with Gasteiger partial charge in [-0.3, -0.25) is 9.48 Å². The van der Waals surface area contributed by atoms with E-state index < -0.39 is 0 Å². The molecule has 2 aromatic rings. The molecule has 17 heavy (non-hydrogen) atoms. The molecule has 0 saturated heterocycles. The van der Waals surface area contributed by atoms with E-state index in [1.165, 1.54) is 0 Å². The number of rotatable bonds is 3. The van der Waals surface area contributed by atoms with Gasteiger partial charge >= 0.3 is 0 Å². The molecule has 0 aliphatic carbocycles. The van der Waals surface area contributed by atoms with E-state index in [0.717, 1.165) is 10.2 Å². The molecule has 88 valence electrons. The molecule has 0 amide bonds. The lowest BCUT2D eigenvalue weighted by atomic mass is 10.1. The third kappa shape index (κ3) is 2.76. The minimum Gasteiger partial charge on any atom is -0.292 e. The summed E-state index contributed by atoms with van der Waals surface area (Å²) in [5.41, 5.74) is 1.38. The number of hydrogen-bond donors (Lipinski definition) is 0. The van der Waals surface area contributed by atoms with Crippen LogP contribution in [0, 0.1) is 6.92 Å². The van der Waals surface area contributed by atoms with E-state index in [9.17, 15) is 4.79 Å². The number of aryl methyl sites for hydroxylation is 1. The Balaban J connectivity index is 2.20. The predicted molar refractivity (Wildman–Crippen MR) is 70.4 cm³/mol. The van der Waals surface area contributed by atoms with Crippen molar-refractivity contribution < 1.29 is 4.79 Å². The van der Waals surface area contributed by atoms with Crippen molar-refractivity contribution >= 4 is 33.3 Å². The lowest BCUT2D eigenvalue weighted by molar-refractivity contribution is 0.0967. The van der Waals surface area contributed by atoms with Crippen LogP contribution < -0.4 is 0 Å². The van der Waals surface area contributed by atoms with Gasteiger partial charge in [-0.25, -0.2) is 0 Å². The Labute approximate surface area is 113 Å². The SMILES string of the molecule is Cc1nn(CC(=O)c2ccccc2Br)cc1Cl. The largest absolute Gasteiger partial charge is 0.292 e. The number of halogens is 2. The van der Waals surface area contributed by atoms with Gasteiger partial charge in [0.15, 0.2) is 5.78 Å². The van der Waals surface area contributed by atoms with E-state index in [1.807, 2.05) is 25.1 Å². The second-order valence-corrected chi connectivity index (χ2v) is 4.92. The highest BCUT2D eigenvalue weighted by atomic mass is 79.9. The van der Waals surface area contributed by atoms with E-state index in [4.69, 9.17) is 11.6 Å². The van der Waals surface area contributed by atoms with Crippen LogP contribution in [0.1, 0.15) is 16.1 Å². The average molecular weight is 314 g/mol. The molecule has 1 heterocycles. The van der Waals surface area contributed by atoms with Gasteiger partial charge in [-0.15, -0.1) is 0 Å². The summed E-state index contributed by atoms with van der Waals surface area (Å²) >= 11 is 9.24. The fourth-order valence-corrected chi connectivity index (χ4v) is 2.15. The molecule has 0 bridgehead atoms. The summed E-state index contributed by atoms with van der Waals surface area (Å²) in [6.45, 7) is 2.00. The first-order valence-corrected chi connectivity index (χ1v) is 6.22. The minimum atomic E-state index is -0.00311. The molecule has 0 saturated carbocycles. The maximum atomic E-state index is 12.0. The van der Waals surface area contributed by atoms with Crippen LogP contribution in [0.25, 0.3) is 0 Å². The predicted octanol–water partition coefficient (Wildman–Crippen LogP) is 3.49. The summed E-state index contributed by atoms with van der Waals surface area (Å²) < 4.78 is 2.35. The second kappa shape index (κ2) is 5.02. The van der Waals surface area contributed by atoms with Crippen molar-refractivity contribution in [1.82, 2.24) is 9.78 Å². The summed E-state index contributed by atoms with van der Waals surface area (Å²) in [6.07, 6.45) is 1.66. The minimum absolute atomic E-state index is 0.00311. The van der Waals surface area contributed by atoms with Crippen LogP contribution in [-0.2, 0) is 6.54 Å². The molecule has 1 aromatic carbocycles. The van der Waals surface area contributed by atoms with Crippen LogP contribution >= 0.6 is 27.5 Å². The number of benzene rings is 1. The summed E-state index contributed by atoms with van der Waals surface area (Å²) in [7, 11) is 0. The molecular formula is C12H10BrClN2O. The third-order valence-electron chi connectivity index (χ3n) is 2.37. The Morgan fingerprint density at radius 2 is 2.18 bits per heavy atom. The number of hydrogen-bond acceptors (Lipinski definition) is 2. The van der Waals surface area contributed by atoms with Gasteiger partial charge in [0.1, 0.15) is 6.54 Å². The number of aromatic nitrogens is 2. The maximum Gasteiger partial charge on any atom is 0.185 e. The summed E-state index contributed by atoms with van der Waals surface area (Å²) in [5, 5.41) is 4.73. The lowest BCUT2D eigenvalue weighted by Gasteiger charge is -2.03. The van der Waals surface area contributed by atoms with Gasteiger partial charge in [-0.1, -0.05) is 45.7 Å². The normalized spacial score (nSPS) is 10.5. The van der Waals surface area contributed by atoms with Gasteiger partial charge in [-0.05, 0) is 13.0 Å². The van der Waals surface area contributed by atoms with Crippen LogP contribution in [0.4, 0.5) is 0 Å². The van der Waals surface area contributed by atoms with Crippen molar-refractivity contribution in [3.8, 4) is 0 Å². The first-order valence-electron chi connectivity index (χ1n) is 5.05. The van der Waals surface area contributed by atoms with Crippen molar-refractivity contribution in [1.29, 1.82) is 0 Å². The number of carbonyl (C=O) groups excluding carboxylic acids is 1. The van der Waals surface area contributed by atoms with Crippen LogP contribution in [0.2, 0.25) is 5.02 Å². The van der Waals surface area contributed by atoms with E-state index in [-0.39, 0.29) is 12.3 Å². The fraction of sp³-hybridized carbons (Fsp3) is 0.167. The fourth-order valence-electron chi connectivity index (χ4n) is 1.49. The standard InChI is InChI=1S/C12H10BrClN2O/c1-8-11(14)6-16(15-8)7-12(17)9-4-2-3-5-10(9)13/h2-6H,7H2,1H3. The molecule has 0 radical (unpaired) electrons. The van der Waals surface area contributed by atoms with Crippen LogP contribution in [0.15, 0.2) is 34.9 Å². The van der Waals surface area contributed by atoms with E-state index in [1.54, 1.807) is 16.9 Å². The first kappa shape index (κ1) is 12.3. The topological polar surface area (TPSA) is 34.9 Å². The molecule has 2 rings (SSSR count). The molecule has 0 aliphatic rings.